The smallest absolute Gasteiger partial charge is 0.550 e. The number of aliphatic hydroxyl groups is 1. The molecule has 4 nitrogen and oxygen atoms in total. The summed E-state index contributed by atoms with van der Waals surface area (Å²) in [5, 5.41) is 23.8. The van der Waals surface area contributed by atoms with Crippen LogP contribution in [0, 0.1) is 5.92 Å². The first kappa shape index (κ1) is 32.4. The molecule has 0 amide bonds. The van der Waals surface area contributed by atoms with Crippen molar-refractivity contribution in [3.8, 4) is 0 Å². The number of halogens is 1. The van der Waals surface area contributed by atoms with Gasteiger partial charge in [-0.05, 0) is 73.2 Å². The molecule has 0 fully saturated rings. The number of carbonyl (C=O) groups is 1. The van der Waals surface area contributed by atoms with Gasteiger partial charge in [0, 0.05) is 33.3 Å². The maximum absolute atomic E-state index is 11.4. The molecule has 0 aliphatic heterocycles. The van der Waals surface area contributed by atoms with Crippen molar-refractivity contribution in [2.45, 2.75) is 44.5 Å². The van der Waals surface area contributed by atoms with Crippen LogP contribution in [-0.4, -0.2) is 21.8 Å². The summed E-state index contributed by atoms with van der Waals surface area (Å²) in [5.74, 6) is -1.12. The summed E-state index contributed by atoms with van der Waals surface area (Å²) >= 11 is 7.78. The minimum atomic E-state index is -1.03. The van der Waals surface area contributed by atoms with Crippen LogP contribution < -0.4 is 34.7 Å². The summed E-state index contributed by atoms with van der Waals surface area (Å²) in [5.41, 5.74) is 4.94. The second kappa shape index (κ2) is 14.7. The summed E-state index contributed by atoms with van der Waals surface area (Å²) in [6.07, 6.45) is 5.59. The fraction of sp³-hybridized carbons (Fsp3) is 0.273. The quantitative estimate of drug-likeness (QED) is 0.270. The van der Waals surface area contributed by atoms with Gasteiger partial charge in [-0.3, -0.25) is 0 Å². The van der Waals surface area contributed by atoms with Crippen LogP contribution in [0.3, 0.4) is 0 Å². The number of aromatic nitrogens is 1. The van der Waals surface area contributed by atoms with E-state index in [-0.39, 0.29) is 34.8 Å². The number of carbonyl (C=O) groups excluding carboxylic acids is 1. The third-order valence-corrected chi connectivity index (χ3v) is 8.54. The Balaban J connectivity index is 0.00000441. The van der Waals surface area contributed by atoms with Crippen molar-refractivity contribution in [1.82, 2.24) is 4.98 Å². The van der Waals surface area contributed by atoms with Gasteiger partial charge in [-0.1, -0.05) is 85.3 Å². The molecule has 0 aliphatic rings. The molecule has 0 spiro atoms. The number of pyridine rings is 1. The van der Waals surface area contributed by atoms with E-state index >= 15 is 0 Å². The SMILES string of the molecule is C[C@H](CS[C@@H](CCc1ccccc1C(C)(C)O)c1cccc(C=Cc2ccc3ccc(Cl)cc3n2)c1)C(=O)[O-].[Na+]. The van der Waals surface area contributed by atoms with Crippen LogP contribution in [0.5, 0.6) is 0 Å². The Morgan fingerprint density at radius 1 is 1.05 bits per heavy atom. The van der Waals surface area contributed by atoms with Crippen molar-refractivity contribution in [3.05, 3.63) is 112 Å². The second-order valence-electron chi connectivity index (χ2n) is 10.4. The summed E-state index contributed by atoms with van der Waals surface area (Å²) in [6, 6.07) is 26.0. The fourth-order valence-electron chi connectivity index (χ4n) is 4.54. The number of nitrogens with zero attached hydrogens (tertiary/aromatic N) is 1. The molecule has 1 aromatic heterocycles. The molecule has 1 heterocycles. The standard InChI is InChI=1S/C33H34ClNO3S.Na/c1-22(32(36)37)21-39-31(18-14-24-8-4-5-10-29(24)33(2,3)38)26-9-6-7-23(19-26)11-16-28-17-13-25-12-15-27(34)20-30(25)35-28;/h4-13,15-17,19-20,22,31,38H,14,18,21H2,1-3H3,(H,36,37);/q;+1/p-1/t22-,31+;/m1./s1. The average Bonchev–Trinajstić information content (AvgIpc) is 2.91. The zero-order valence-electron chi connectivity index (χ0n) is 23.4. The monoisotopic (exact) mass is 581 g/mol. The second-order valence-corrected chi connectivity index (χ2v) is 12.0. The van der Waals surface area contributed by atoms with E-state index in [1.165, 1.54) is 0 Å². The van der Waals surface area contributed by atoms with Crippen molar-refractivity contribution in [2.75, 3.05) is 5.75 Å². The largest absolute Gasteiger partial charge is 1.00 e. The van der Waals surface area contributed by atoms with Crippen molar-refractivity contribution >= 4 is 52.4 Å². The van der Waals surface area contributed by atoms with Crippen molar-refractivity contribution < 1.29 is 44.6 Å². The topological polar surface area (TPSA) is 73.2 Å². The maximum Gasteiger partial charge on any atom is 1.00 e. The van der Waals surface area contributed by atoms with Gasteiger partial charge in [0.2, 0.25) is 0 Å². The van der Waals surface area contributed by atoms with E-state index in [2.05, 4.69) is 18.2 Å². The predicted molar refractivity (Wildman–Crippen MR) is 162 cm³/mol. The predicted octanol–water partition coefficient (Wildman–Crippen LogP) is 4.08. The van der Waals surface area contributed by atoms with Crippen LogP contribution in [0.4, 0.5) is 0 Å². The van der Waals surface area contributed by atoms with Gasteiger partial charge in [-0.15, -0.1) is 0 Å². The summed E-state index contributed by atoms with van der Waals surface area (Å²) in [4.78, 5) is 16.1. The van der Waals surface area contributed by atoms with Crippen LogP contribution in [-0.2, 0) is 16.8 Å². The van der Waals surface area contributed by atoms with Gasteiger partial charge in [0.25, 0.3) is 0 Å². The molecule has 4 rings (SSSR count). The van der Waals surface area contributed by atoms with Gasteiger partial charge in [0.15, 0.2) is 0 Å². The molecule has 202 valence electrons. The van der Waals surface area contributed by atoms with Gasteiger partial charge in [0.05, 0.1) is 16.8 Å². The van der Waals surface area contributed by atoms with Gasteiger partial charge in [-0.25, -0.2) is 4.98 Å². The molecule has 0 saturated carbocycles. The number of carboxylic acid groups (broad SMARTS) is 1. The van der Waals surface area contributed by atoms with Crippen molar-refractivity contribution in [3.63, 3.8) is 0 Å². The Hall–Kier alpha value is -2.12. The minimum Gasteiger partial charge on any atom is -0.550 e. The van der Waals surface area contributed by atoms with Gasteiger partial charge in [-0.2, -0.15) is 11.8 Å². The molecule has 1 N–H and O–H groups in total. The first-order valence-corrected chi connectivity index (χ1v) is 14.5. The number of hydrogen-bond donors (Lipinski definition) is 1. The normalized spacial score (nSPS) is 13.2. The third-order valence-electron chi connectivity index (χ3n) is 6.71. The molecule has 2 atom stereocenters. The molecule has 4 aromatic rings. The van der Waals surface area contributed by atoms with Gasteiger partial charge in [0.1, 0.15) is 0 Å². The van der Waals surface area contributed by atoms with E-state index in [1.54, 1.807) is 32.5 Å². The van der Waals surface area contributed by atoms with E-state index < -0.39 is 17.5 Å². The zero-order chi connectivity index (χ0) is 28.0. The molecule has 7 heteroatoms. The van der Waals surface area contributed by atoms with Crippen LogP contribution >= 0.6 is 23.4 Å². The Labute approximate surface area is 268 Å². The molecule has 0 bridgehead atoms. The Morgan fingerprint density at radius 3 is 2.55 bits per heavy atom. The number of fused-ring (bicyclic) bond motifs is 1. The van der Waals surface area contributed by atoms with Crippen molar-refractivity contribution in [2.24, 2.45) is 5.92 Å². The Bertz CT molecular complexity index is 1480. The number of aliphatic carboxylic acids is 1. The molecular formula is C33H33ClNNaO3S. The average molecular weight is 582 g/mol. The number of aryl methyl sites for hydroxylation is 1. The molecule has 0 aliphatic carbocycles. The van der Waals surface area contributed by atoms with E-state index in [0.29, 0.717) is 10.8 Å². The molecule has 0 radical (unpaired) electrons. The molecule has 0 unspecified atom stereocenters. The summed E-state index contributed by atoms with van der Waals surface area (Å²) in [7, 11) is 0. The number of thioether (sulfide) groups is 1. The van der Waals surface area contributed by atoms with Gasteiger partial charge >= 0.3 is 29.6 Å². The van der Waals surface area contributed by atoms with Crippen LogP contribution in [0.15, 0.2) is 78.9 Å². The minimum absolute atomic E-state index is 0. The molecule has 3 aromatic carbocycles. The van der Waals surface area contributed by atoms with E-state index in [1.807, 2.05) is 72.8 Å². The van der Waals surface area contributed by atoms with E-state index in [9.17, 15) is 15.0 Å². The van der Waals surface area contributed by atoms with Crippen molar-refractivity contribution in [1.29, 1.82) is 0 Å². The number of rotatable bonds is 11. The van der Waals surface area contributed by atoms with Gasteiger partial charge < -0.3 is 15.0 Å². The van der Waals surface area contributed by atoms with E-state index in [4.69, 9.17) is 16.6 Å². The summed E-state index contributed by atoms with van der Waals surface area (Å²) in [6.45, 7) is 5.29. The summed E-state index contributed by atoms with van der Waals surface area (Å²) < 4.78 is 0. The number of carboxylic acids is 1. The molecule has 40 heavy (non-hydrogen) atoms. The Kier molecular flexibility index (Phi) is 11.9. The molecular weight excluding hydrogens is 549 g/mol. The maximum atomic E-state index is 11.4. The fourth-order valence-corrected chi connectivity index (χ4v) is 5.99. The van der Waals surface area contributed by atoms with Crippen LogP contribution in [0.25, 0.3) is 23.1 Å². The van der Waals surface area contributed by atoms with Crippen LogP contribution in [0.1, 0.15) is 60.4 Å². The zero-order valence-corrected chi connectivity index (χ0v) is 27.0. The first-order valence-electron chi connectivity index (χ1n) is 13.1. The first-order chi connectivity index (χ1) is 18.6. The Morgan fingerprint density at radius 2 is 1.80 bits per heavy atom. The van der Waals surface area contributed by atoms with E-state index in [0.717, 1.165) is 51.7 Å². The van der Waals surface area contributed by atoms with Crippen LogP contribution in [0.2, 0.25) is 5.02 Å². The number of hydrogen-bond acceptors (Lipinski definition) is 5. The molecule has 0 saturated heterocycles. The third kappa shape index (κ3) is 8.94. The number of benzene rings is 3.